The molecule has 37 heavy (non-hydrogen) atoms. The van der Waals surface area contributed by atoms with Crippen molar-refractivity contribution >= 4 is 22.6 Å². The summed E-state index contributed by atoms with van der Waals surface area (Å²) in [7, 11) is 1.62. The maximum absolute atomic E-state index is 13.7. The quantitative estimate of drug-likeness (QED) is 0.370. The fraction of sp³-hybridized carbons (Fsp3) is 0.143. The van der Waals surface area contributed by atoms with Gasteiger partial charge in [-0.3, -0.25) is 19.1 Å². The Hall–Kier alpha value is -4.79. The topological polar surface area (TPSA) is 99.0 Å². The SMILES string of the molecule is CC(C(N)=O)N(C)c1ncc(-c2ccccc2)n(Cc2cncc(-n3ccc4cc(F)ccc43)c2)c1=O. The third-order valence-electron chi connectivity index (χ3n) is 6.48. The number of likely N-dealkylation sites (N-methyl/N-ethyl adjacent to an activating group) is 1. The van der Waals surface area contributed by atoms with Gasteiger partial charge in [-0.25, -0.2) is 9.37 Å². The molecule has 0 aliphatic carbocycles. The molecule has 1 unspecified atom stereocenters. The monoisotopic (exact) mass is 496 g/mol. The summed E-state index contributed by atoms with van der Waals surface area (Å²) in [6, 6.07) is 17.2. The van der Waals surface area contributed by atoms with Crippen LogP contribution < -0.4 is 16.2 Å². The second-order valence-corrected chi connectivity index (χ2v) is 8.85. The van der Waals surface area contributed by atoms with Crippen molar-refractivity contribution in [2.24, 2.45) is 5.73 Å². The van der Waals surface area contributed by atoms with E-state index in [9.17, 15) is 14.0 Å². The zero-order valence-electron chi connectivity index (χ0n) is 20.4. The highest BCUT2D eigenvalue weighted by molar-refractivity contribution is 5.83. The number of anilines is 1. The lowest BCUT2D eigenvalue weighted by Crippen LogP contribution is -2.44. The largest absolute Gasteiger partial charge is 0.368 e. The normalized spacial score (nSPS) is 12.0. The third kappa shape index (κ3) is 4.58. The van der Waals surface area contributed by atoms with Crippen molar-refractivity contribution in [2.75, 3.05) is 11.9 Å². The molecule has 0 fully saturated rings. The number of aromatic nitrogens is 4. The van der Waals surface area contributed by atoms with E-state index in [1.54, 1.807) is 43.2 Å². The molecule has 0 radical (unpaired) electrons. The van der Waals surface area contributed by atoms with E-state index in [1.165, 1.54) is 17.0 Å². The van der Waals surface area contributed by atoms with Crippen molar-refractivity contribution < 1.29 is 9.18 Å². The Kier molecular flexibility index (Phi) is 6.27. The summed E-state index contributed by atoms with van der Waals surface area (Å²) in [5, 5.41) is 0.776. The molecule has 3 heterocycles. The Labute approximate surface area is 212 Å². The molecule has 0 bridgehead atoms. The molecule has 2 N–H and O–H groups in total. The van der Waals surface area contributed by atoms with Gasteiger partial charge >= 0.3 is 0 Å². The molecule has 3 aromatic heterocycles. The summed E-state index contributed by atoms with van der Waals surface area (Å²) in [4.78, 5) is 35.7. The van der Waals surface area contributed by atoms with E-state index < -0.39 is 11.9 Å². The minimum Gasteiger partial charge on any atom is -0.368 e. The Bertz CT molecular complexity index is 1660. The van der Waals surface area contributed by atoms with Gasteiger partial charge in [-0.1, -0.05) is 30.3 Å². The zero-order valence-corrected chi connectivity index (χ0v) is 20.4. The first-order valence-corrected chi connectivity index (χ1v) is 11.7. The highest BCUT2D eigenvalue weighted by Gasteiger charge is 2.22. The lowest BCUT2D eigenvalue weighted by Gasteiger charge is -2.24. The van der Waals surface area contributed by atoms with Gasteiger partial charge in [0.1, 0.15) is 11.9 Å². The maximum atomic E-state index is 13.7. The van der Waals surface area contributed by atoms with Crippen LogP contribution in [0.1, 0.15) is 12.5 Å². The third-order valence-corrected chi connectivity index (χ3v) is 6.48. The molecule has 0 saturated heterocycles. The summed E-state index contributed by atoms with van der Waals surface area (Å²) >= 11 is 0. The fourth-order valence-corrected chi connectivity index (χ4v) is 4.30. The van der Waals surface area contributed by atoms with E-state index in [0.29, 0.717) is 5.69 Å². The fourth-order valence-electron chi connectivity index (χ4n) is 4.30. The maximum Gasteiger partial charge on any atom is 0.294 e. The van der Waals surface area contributed by atoms with Gasteiger partial charge < -0.3 is 15.2 Å². The van der Waals surface area contributed by atoms with Gasteiger partial charge in [0.2, 0.25) is 5.91 Å². The molecule has 9 heteroatoms. The molecule has 5 rings (SSSR count). The number of amides is 1. The number of primary amides is 1. The van der Waals surface area contributed by atoms with Gasteiger partial charge in [0.15, 0.2) is 5.82 Å². The predicted octanol–water partition coefficient (Wildman–Crippen LogP) is 3.75. The van der Waals surface area contributed by atoms with E-state index in [1.807, 2.05) is 53.2 Å². The summed E-state index contributed by atoms with van der Waals surface area (Å²) in [5.41, 5.74) is 8.97. The van der Waals surface area contributed by atoms with Crippen LogP contribution in [-0.4, -0.2) is 38.1 Å². The number of pyridine rings is 1. The van der Waals surface area contributed by atoms with E-state index in [0.717, 1.165) is 27.7 Å². The molecule has 2 aromatic carbocycles. The number of benzene rings is 2. The molecule has 186 valence electrons. The standard InChI is InChI=1S/C28H25FN6O2/c1-18(26(30)36)33(2)27-28(37)35(25(16-32-27)20-6-4-3-5-7-20)17-19-12-23(15-31-14-19)34-11-10-21-13-22(29)8-9-24(21)34/h3-16,18H,17H2,1-2H3,(H2,30,36). The molecule has 1 amide bonds. The lowest BCUT2D eigenvalue weighted by atomic mass is 10.1. The van der Waals surface area contributed by atoms with Gasteiger partial charge in [0, 0.05) is 24.8 Å². The van der Waals surface area contributed by atoms with E-state index in [-0.39, 0.29) is 23.7 Å². The van der Waals surface area contributed by atoms with Crippen LogP contribution in [0.25, 0.3) is 27.8 Å². The molecule has 0 saturated carbocycles. The molecular formula is C28H25FN6O2. The summed E-state index contributed by atoms with van der Waals surface area (Å²) < 4.78 is 17.2. The summed E-state index contributed by atoms with van der Waals surface area (Å²) in [6.07, 6.45) is 6.90. The van der Waals surface area contributed by atoms with Gasteiger partial charge in [0.05, 0.1) is 35.8 Å². The molecule has 0 aliphatic rings. The Balaban J connectivity index is 1.60. The van der Waals surface area contributed by atoms with Gasteiger partial charge in [-0.15, -0.1) is 0 Å². The number of nitrogens with zero attached hydrogens (tertiary/aromatic N) is 5. The van der Waals surface area contributed by atoms with Crippen molar-refractivity contribution in [1.29, 1.82) is 0 Å². The zero-order chi connectivity index (χ0) is 26.1. The van der Waals surface area contributed by atoms with Crippen LogP contribution in [0.5, 0.6) is 0 Å². The number of hydrogen-bond donors (Lipinski definition) is 1. The number of halogens is 1. The number of fused-ring (bicyclic) bond motifs is 1. The lowest BCUT2D eigenvalue weighted by molar-refractivity contribution is -0.118. The number of hydrogen-bond acceptors (Lipinski definition) is 5. The highest BCUT2D eigenvalue weighted by Crippen LogP contribution is 2.23. The van der Waals surface area contributed by atoms with Crippen LogP contribution in [0.2, 0.25) is 0 Å². The predicted molar refractivity (Wildman–Crippen MR) is 141 cm³/mol. The first-order chi connectivity index (χ1) is 17.8. The van der Waals surface area contributed by atoms with Gasteiger partial charge in [-0.2, -0.15) is 0 Å². The van der Waals surface area contributed by atoms with Gasteiger partial charge in [-0.05, 0) is 48.4 Å². The van der Waals surface area contributed by atoms with Crippen molar-refractivity contribution in [1.82, 2.24) is 19.1 Å². The van der Waals surface area contributed by atoms with E-state index >= 15 is 0 Å². The first kappa shape index (κ1) is 23.9. The van der Waals surface area contributed by atoms with E-state index in [2.05, 4.69) is 9.97 Å². The Morgan fingerprint density at radius 1 is 1.08 bits per heavy atom. The van der Waals surface area contributed by atoms with E-state index in [4.69, 9.17) is 5.73 Å². The molecule has 1 atom stereocenters. The minimum atomic E-state index is -0.715. The minimum absolute atomic E-state index is 0.119. The van der Waals surface area contributed by atoms with Crippen LogP contribution >= 0.6 is 0 Å². The summed E-state index contributed by atoms with van der Waals surface area (Å²) in [6.45, 7) is 1.84. The highest BCUT2D eigenvalue weighted by atomic mass is 19.1. The first-order valence-electron chi connectivity index (χ1n) is 11.7. The average Bonchev–Trinajstić information content (AvgIpc) is 3.32. The van der Waals surface area contributed by atoms with Crippen LogP contribution in [0, 0.1) is 5.82 Å². The number of carbonyl (C=O) groups is 1. The van der Waals surface area contributed by atoms with Crippen LogP contribution in [0.3, 0.4) is 0 Å². The number of nitrogens with two attached hydrogens (primary N) is 1. The van der Waals surface area contributed by atoms with Crippen molar-refractivity contribution in [3.63, 3.8) is 0 Å². The molecular weight excluding hydrogens is 471 g/mol. The number of carbonyl (C=O) groups excluding carboxylic acids is 1. The molecule has 5 aromatic rings. The second kappa shape index (κ2) is 9.69. The average molecular weight is 497 g/mol. The number of rotatable bonds is 7. The van der Waals surface area contributed by atoms with Gasteiger partial charge in [0.25, 0.3) is 5.56 Å². The van der Waals surface area contributed by atoms with Crippen molar-refractivity contribution in [3.8, 4) is 16.9 Å². The Morgan fingerprint density at radius 2 is 1.86 bits per heavy atom. The van der Waals surface area contributed by atoms with Crippen molar-refractivity contribution in [3.05, 3.63) is 107 Å². The molecule has 8 nitrogen and oxygen atoms in total. The molecule has 0 spiro atoms. The van der Waals surface area contributed by atoms with Crippen molar-refractivity contribution in [2.45, 2.75) is 19.5 Å². The molecule has 0 aliphatic heterocycles. The second-order valence-electron chi connectivity index (χ2n) is 8.85. The Morgan fingerprint density at radius 3 is 2.62 bits per heavy atom. The van der Waals surface area contributed by atoms with Crippen LogP contribution in [0.4, 0.5) is 10.2 Å². The van der Waals surface area contributed by atoms with Crippen LogP contribution in [0.15, 0.2) is 90.2 Å². The smallest absolute Gasteiger partial charge is 0.294 e. The van der Waals surface area contributed by atoms with Crippen LogP contribution in [-0.2, 0) is 11.3 Å². The summed E-state index contributed by atoms with van der Waals surface area (Å²) in [5.74, 6) is -0.735.